The van der Waals surface area contributed by atoms with Crippen LogP contribution < -0.4 is 4.90 Å². The highest BCUT2D eigenvalue weighted by molar-refractivity contribution is 7.91. The molecule has 1 aromatic carbocycles. The van der Waals surface area contributed by atoms with Crippen molar-refractivity contribution < 1.29 is 18.0 Å². The van der Waals surface area contributed by atoms with E-state index in [-0.39, 0.29) is 35.8 Å². The molecule has 3 rings (SSSR count). The summed E-state index contributed by atoms with van der Waals surface area (Å²) >= 11 is 0. The normalized spacial score (nSPS) is 26.5. The zero-order valence-electron chi connectivity index (χ0n) is 13.0. The van der Waals surface area contributed by atoms with E-state index in [1.54, 1.807) is 11.9 Å². The van der Waals surface area contributed by atoms with Gasteiger partial charge in [-0.25, -0.2) is 8.42 Å². The summed E-state index contributed by atoms with van der Waals surface area (Å²) in [6, 6.07) is 9.01. The minimum absolute atomic E-state index is 0.0261. The predicted molar refractivity (Wildman–Crippen MR) is 86.7 cm³/mol. The van der Waals surface area contributed by atoms with Gasteiger partial charge >= 0.3 is 0 Å². The van der Waals surface area contributed by atoms with Crippen LogP contribution in [0.5, 0.6) is 0 Å². The van der Waals surface area contributed by atoms with E-state index in [0.29, 0.717) is 13.0 Å². The minimum atomic E-state index is -3.03. The molecular weight excluding hydrogens is 316 g/mol. The van der Waals surface area contributed by atoms with Gasteiger partial charge < -0.3 is 9.80 Å². The maximum absolute atomic E-state index is 12.6. The van der Waals surface area contributed by atoms with Gasteiger partial charge in [0.05, 0.1) is 17.4 Å². The maximum Gasteiger partial charge on any atom is 0.228 e. The molecule has 0 N–H and O–H groups in total. The van der Waals surface area contributed by atoms with Gasteiger partial charge in [-0.15, -0.1) is 0 Å². The Hall–Kier alpha value is -1.89. The van der Waals surface area contributed by atoms with Gasteiger partial charge in [0.1, 0.15) is 0 Å². The number of carbonyl (C=O) groups excluding carboxylic acids is 2. The van der Waals surface area contributed by atoms with Crippen LogP contribution in [0.2, 0.25) is 0 Å². The molecule has 0 spiro atoms. The van der Waals surface area contributed by atoms with Crippen LogP contribution in [-0.4, -0.2) is 56.3 Å². The molecule has 0 saturated carbocycles. The molecule has 0 unspecified atom stereocenters. The summed E-state index contributed by atoms with van der Waals surface area (Å²) in [5.74, 6) is -0.454. The lowest BCUT2D eigenvalue weighted by Gasteiger charge is -2.26. The van der Waals surface area contributed by atoms with Crippen LogP contribution in [0.25, 0.3) is 0 Å². The smallest absolute Gasteiger partial charge is 0.228 e. The van der Waals surface area contributed by atoms with Gasteiger partial charge in [-0.05, 0) is 18.6 Å². The lowest BCUT2D eigenvalue weighted by molar-refractivity contribution is -0.136. The molecule has 2 atom stereocenters. The number of carbonyl (C=O) groups is 2. The first-order valence-corrected chi connectivity index (χ1v) is 9.52. The van der Waals surface area contributed by atoms with Crippen LogP contribution in [0.15, 0.2) is 30.3 Å². The SMILES string of the molecule is CN(C(=O)[C@H]1CC(=O)N(c2ccccc2)C1)[C@@H]1CCS(=O)(=O)C1. The highest BCUT2D eigenvalue weighted by Crippen LogP contribution is 2.27. The van der Waals surface area contributed by atoms with Gasteiger partial charge in [-0.3, -0.25) is 9.59 Å². The molecule has 2 aliphatic rings. The number of para-hydroxylation sites is 1. The molecule has 2 heterocycles. The van der Waals surface area contributed by atoms with Crippen molar-refractivity contribution in [2.75, 3.05) is 30.0 Å². The number of anilines is 1. The molecule has 6 nitrogen and oxygen atoms in total. The highest BCUT2D eigenvalue weighted by atomic mass is 32.2. The third kappa shape index (κ3) is 3.24. The number of nitrogens with zero attached hydrogens (tertiary/aromatic N) is 2. The first-order valence-electron chi connectivity index (χ1n) is 7.70. The van der Waals surface area contributed by atoms with Crippen molar-refractivity contribution in [1.29, 1.82) is 0 Å². The van der Waals surface area contributed by atoms with E-state index < -0.39 is 15.8 Å². The van der Waals surface area contributed by atoms with E-state index in [1.807, 2.05) is 30.3 Å². The third-order valence-electron chi connectivity index (χ3n) is 4.65. The molecule has 0 radical (unpaired) electrons. The van der Waals surface area contributed by atoms with Crippen molar-refractivity contribution in [2.45, 2.75) is 18.9 Å². The first-order chi connectivity index (χ1) is 10.9. The number of hydrogen-bond donors (Lipinski definition) is 0. The van der Waals surface area contributed by atoms with E-state index in [1.165, 1.54) is 4.90 Å². The Kier molecular flexibility index (Phi) is 4.14. The molecule has 124 valence electrons. The van der Waals surface area contributed by atoms with Crippen molar-refractivity contribution in [3.63, 3.8) is 0 Å². The second-order valence-corrected chi connectivity index (χ2v) is 8.48. The number of hydrogen-bond acceptors (Lipinski definition) is 4. The molecule has 1 aromatic rings. The highest BCUT2D eigenvalue weighted by Gasteiger charge is 2.40. The lowest BCUT2D eigenvalue weighted by Crippen LogP contribution is -2.42. The Labute approximate surface area is 136 Å². The summed E-state index contributed by atoms with van der Waals surface area (Å²) in [7, 11) is -1.39. The van der Waals surface area contributed by atoms with E-state index in [4.69, 9.17) is 0 Å². The molecule has 2 aliphatic heterocycles. The summed E-state index contributed by atoms with van der Waals surface area (Å²) in [5.41, 5.74) is 0.791. The Bertz CT molecular complexity index is 717. The Morgan fingerprint density at radius 2 is 1.96 bits per heavy atom. The van der Waals surface area contributed by atoms with Crippen LogP contribution in [0.4, 0.5) is 5.69 Å². The van der Waals surface area contributed by atoms with Crippen LogP contribution in [0, 0.1) is 5.92 Å². The van der Waals surface area contributed by atoms with Crippen molar-refractivity contribution in [2.24, 2.45) is 5.92 Å². The van der Waals surface area contributed by atoms with Crippen molar-refractivity contribution in [1.82, 2.24) is 4.90 Å². The molecule has 2 amide bonds. The van der Waals surface area contributed by atoms with E-state index in [0.717, 1.165) is 5.69 Å². The molecular formula is C16H20N2O4S. The van der Waals surface area contributed by atoms with Crippen molar-refractivity contribution >= 4 is 27.3 Å². The molecule has 0 aromatic heterocycles. The first kappa shape index (κ1) is 16.0. The number of benzene rings is 1. The van der Waals surface area contributed by atoms with E-state index in [9.17, 15) is 18.0 Å². The van der Waals surface area contributed by atoms with Gasteiger partial charge in [0.15, 0.2) is 9.84 Å². The minimum Gasteiger partial charge on any atom is -0.341 e. The fourth-order valence-electron chi connectivity index (χ4n) is 3.28. The van der Waals surface area contributed by atoms with E-state index in [2.05, 4.69) is 0 Å². The summed E-state index contributed by atoms with van der Waals surface area (Å²) in [6.07, 6.45) is 0.658. The second kappa shape index (κ2) is 5.96. The Morgan fingerprint density at radius 1 is 1.26 bits per heavy atom. The maximum atomic E-state index is 12.6. The fourth-order valence-corrected chi connectivity index (χ4v) is 5.05. The fraction of sp³-hybridized carbons (Fsp3) is 0.500. The quantitative estimate of drug-likeness (QED) is 0.814. The summed E-state index contributed by atoms with van der Waals surface area (Å²) in [4.78, 5) is 28.0. The molecule has 2 saturated heterocycles. The van der Waals surface area contributed by atoms with Crippen LogP contribution >= 0.6 is 0 Å². The molecule has 2 fully saturated rings. The van der Waals surface area contributed by atoms with Crippen molar-refractivity contribution in [3.8, 4) is 0 Å². The summed E-state index contributed by atoms with van der Waals surface area (Å²) in [6.45, 7) is 0.353. The monoisotopic (exact) mass is 336 g/mol. The Balaban J connectivity index is 1.68. The van der Waals surface area contributed by atoms with Crippen molar-refractivity contribution in [3.05, 3.63) is 30.3 Å². The van der Waals surface area contributed by atoms with Gasteiger partial charge in [-0.1, -0.05) is 18.2 Å². The molecule has 7 heteroatoms. The average Bonchev–Trinajstić information content (AvgIpc) is 3.09. The lowest BCUT2D eigenvalue weighted by atomic mass is 10.1. The summed E-state index contributed by atoms with van der Waals surface area (Å²) < 4.78 is 23.2. The molecule has 0 aliphatic carbocycles. The Morgan fingerprint density at radius 3 is 2.57 bits per heavy atom. The molecule has 23 heavy (non-hydrogen) atoms. The average molecular weight is 336 g/mol. The topological polar surface area (TPSA) is 74.8 Å². The number of rotatable bonds is 3. The standard InChI is InChI=1S/C16H20N2O4S/c1-17(14-7-8-23(21,22)11-14)16(20)12-9-15(19)18(10-12)13-5-3-2-4-6-13/h2-6,12,14H,7-11H2,1H3/t12-,14+/m0/s1. The van der Waals surface area contributed by atoms with Gasteiger partial charge in [0.25, 0.3) is 0 Å². The van der Waals surface area contributed by atoms with Gasteiger partial charge in [0.2, 0.25) is 11.8 Å². The zero-order chi connectivity index (χ0) is 16.6. The predicted octanol–water partition coefficient (Wildman–Crippen LogP) is 0.685. The zero-order valence-corrected chi connectivity index (χ0v) is 13.8. The number of sulfone groups is 1. The van der Waals surface area contributed by atoms with Gasteiger partial charge in [-0.2, -0.15) is 0 Å². The second-order valence-electron chi connectivity index (χ2n) is 6.25. The van der Waals surface area contributed by atoms with E-state index >= 15 is 0 Å². The third-order valence-corrected chi connectivity index (χ3v) is 6.40. The van der Waals surface area contributed by atoms with Crippen LogP contribution in [0.3, 0.4) is 0 Å². The largest absolute Gasteiger partial charge is 0.341 e. The van der Waals surface area contributed by atoms with Gasteiger partial charge in [0, 0.05) is 31.7 Å². The number of amides is 2. The van der Waals surface area contributed by atoms with Crippen LogP contribution in [-0.2, 0) is 19.4 Å². The summed E-state index contributed by atoms with van der Waals surface area (Å²) in [5, 5.41) is 0. The van der Waals surface area contributed by atoms with Crippen LogP contribution in [0.1, 0.15) is 12.8 Å². The molecule has 0 bridgehead atoms.